The van der Waals surface area contributed by atoms with E-state index in [-0.39, 0.29) is 5.92 Å². The lowest BCUT2D eigenvalue weighted by atomic mass is 9.93. The Kier molecular flexibility index (Phi) is 2.87. The first-order chi connectivity index (χ1) is 5.11. The van der Waals surface area contributed by atoms with Gasteiger partial charge in [-0.3, -0.25) is 0 Å². The Bertz CT molecular complexity index is 127. The molecule has 0 amide bonds. The molecule has 0 aromatic carbocycles. The monoisotopic (exact) mass is 159 g/mol. The van der Waals surface area contributed by atoms with Gasteiger partial charge >= 0.3 is 0 Å². The highest BCUT2D eigenvalue weighted by molar-refractivity contribution is 4.77. The third-order valence-corrected chi connectivity index (χ3v) is 2.64. The lowest BCUT2D eigenvalue weighted by molar-refractivity contribution is -0.0928. The summed E-state index contributed by atoms with van der Waals surface area (Å²) in [6.07, 6.45) is -0.0542. The molecule has 0 radical (unpaired) electrons. The molecule has 11 heavy (non-hydrogen) atoms. The van der Waals surface area contributed by atoms with Crippen LogP contribution in [0, 0.1) is 11.8 Å². The van der Waals surface area contributed by atoms with Crippen LogP contribution in [0.1, 0.15) is 13.3 Å². The Morgan fingerprint density at radius 3 is 2.45 bits per heavy atom. The van der Waals surface area contributed by atoms with Crippen molar-refractivity contribution in [3.8, 4) is 0 Å². The van der Waals surface area contributed by atoms with Crippen LogP contribution in [0.3, 0.4) is 0 Å². The first-order valence-corrected chi connectivity index (χ1v) is 4.16. The first kappa shape index (κ1) is 8.97. The standard InChI is InChI=1S/C8H17NO2/c1-6(8(10)11)7-3-4-9(2)5-7/h6-8,10-11H,3-5H2,1-2H3. The average molecular weight is 159 g/mol. The second-order valence-corrected chi connectivity index (χ2v) is 3.58. The fraction of sp³-hybridized carbons (Fsp3) is 1.00. The van der Waals surface area contributed by atoms with E-state index in [4.69, 9.17) is 10.2 Å². The molecule has 3 heteroatoms. The zero-order chi connectivity index (χ0) is 8.43. The van der Waals surface area contributed by atoms with Crippen LogP contribution in [0.2, 0.25) is 0 Å². The van der Waals surface area contributed by atoms with E-state index in [1.807, 2.05) is 6.92 Å². The van der Waals surface area contributed by atoms with Gasteiger partial charge in [-0.05, 0) is 25.9 Å². The van der Waals surface area contributed by atoms with Gasteiger partial charge in [-0.15, -0.1) is 0 Å². The molecule has 3 nitrogen and oxygen atoms in total. The van der Waals surface area contributed by atoms with Crippen molar-refractivity contribution in [2.45, 2.75) is 19.6 Å². The Morgan fingerprint density at radius 2 is 2.09 bits per heavy atom. The summed E-state index contributed by atoms with van der Waals surface area (Å²) in [7, 11) is 2.07. The van der Waals surface area contributed by atoms with Gasteiger partial charge in [0.05, 0.1) is 0 Å². The molecule has 1 fully saturated rings. The largest absolute Gasteiger partial charge is 0.368 e. The van der Waals surface area contributed by atoms with E-state index in [1.54, 1.807) is 0 Å². The molecule has 2 N–H and O–H groups in total. The smallest absolute Gasteiger partial charge is 0.154 e. The summed E-state index contributed by atoms with van der Waals surface area (Å²) < 4.78 is 0. The first-order valence-electron chi connectivity index (χ1n) is 4.16. The molecule has 1 saturated heterocycles. The van der Waals surface area contributed by atoms with Crippen LogP contribution in [-0.4, -0.2) is 41.5 Å². The van der Waals surface area contributed by atoms with Crippen molar-refractivity contribution < 1.29 is 10.2 Å². The van der Waals surface area contributed by atoms with Gasteiger partial charge in [0.2, 0.25) is 0 Å². The molecular weight excluding hydrogens is 142 g/mol. The molecule has 66 valence electrons. The van der Waals surface area contributed by atoms with E-state index in [2.05, 4.69) is 11.9 Å². The number of aliphatic hydroxyl groups is 2. The van der Waals surface area contributed by atoms with Gasteiger partial charge in [-0.1, -0.05) is 6.92 Å². The summed E-state index contributed by atoms with van der Waals surface area (Å²) in [6, 6.07) is 0. The second kappa shape index (κ2) is 3.52. The van der Waals surface area contributed by atoms with E-state index in [0.717, 1.165) is 19.5 Å². The molecule has 1 aliphatic heterocycles. The molecule has 2 unspecified atom stereocenters. The molecule has 1 aliphatic rings. The minimum absolute atomic E-state index is 0.0138. The van der Waals surface area contributed by atoms with Crippen molar-refractivity contribution in [3.05, 3.63) is 0 Å². The molecule has 0 spiro atoms. The Labute approximate surface area is 67.6 Å². The Hall–Kier alpha value is -0.120. The number of aliphatic hydroxyl groups excluding tert-OH is 1. The summed E-state index contributed by atoms with van der Waals surface area (Å²) >= 11 is 0. The highest BCUT2D eigenvalue weighted by Gasteiger charge is 2.28. The number of hydrogen-bond acceptors (Lipinski definition) is 3. The lowest BCUT2D eigenvalue weighted by Crippen LogP contribution is -2.26. The third-order valence-electron chi connectivity index (χ3n) is 2.64. The van der Waals surface area contributed by atoms with Crippen molar-refractivity contribution in [2.75, 3.05) is 20.1 Å². The van der Waals surface area contributed by atoms with E-state index in [1.165, 1.54) is 0 Å². The van der Waals surface area contributed by atoms with Gasteiger partial charge in [0, 0.05) is 12.5 Å². The van der Waals surface area contributed by atoms with Gasteiger partial charge in [-0.25, -0.2) is 0 Å². The number of hydrogen-bond donors (Lipinski definition) is 2. The maximum atomic E-state index is 8.90. The predicted octanol–water partition coefficient (Wildman–Crippen LogP) is -0.115. The van der Waals surface area contributed by atoms with Crippen molar-refractivity contribution in [1.82, 2.24) is 4.90 Å². The molecule has 0 saturated carbocycles. The fourth-order valence-corrected chi connectivity index (χ4v) is 1.64. The van der Waals surface area contributed by atoms with Crippen LogP contribution in [0.25, 0.3) is 0 Å². The van der Waals surface area contributed by atoms with Crippen LogP contribution in [0.4, 0.5) is 0 Å². The Morgan fingerprint density at radius 1 is 1.45 bits per heavy atom. The summed E-state index contributed by atoms with van der Waals surface area (Å²) in [4.78, 5) is 2.23. The maximum Gasteiger partial charge on any atom is 0.154 e. The SMILES string of the molecule is CC(C(O)O)C1CCN(C)C1. The predicted molar refractivity (Wildman–Crippen MR) is 43.0 cm³/mol. The van der Waals surface area contributed by atoms with E-state index >= 15 is 0 Å². The van der Waals surface area contributed by atoms with Crippen LogP contribution in [0.15, 0.2) is 0 Å². The minimum atomic E-state index is -1.15. The normalized spacial score (nSPS) is 29.7. The maximum absolute atomic E-state index is 8.90. The van der Waals surface area contributed by atoms with Crippen molar-refractivity contribution in [1.29, 1.82) is 0 Å². The van der Waals surface area contributed by atoms with Gasteiger partial charge in [0.25, 0.3) is 0 Å². The molecule has 0 aromatic rings. The fourth-order valence-electron chi connectivity index (χ4n) is 1.64. The van der Waals surface area contributed by atoms with Gasteiger partial charge < -0.3 is 15.1 Å². The number of rotatable bonds is 2. The van der Waals surface area contributed by atoms with Crippen LogP contribution < -0.4 is 0 Å². The molecule has 1 rings (SSSR count). The van der Waals surface area contributed by atoms with E-state index in [0.29, 0.717) is 5.92 Å². The molecule has 0 bridgehead atoms. The summed E-state index contributed by atoms with van der Waals surface area (Å²) in [5.74, 6) is 0.472. The van der Waals surface area contributed by atoms with Crippen LogP contribution in [-0.2, 0) is 0 Å². The number of nitrogens with zero attached hydrogens (tertiary/aromatic N) is 1. The van der Waals surface area contributed by atoms with Crippen LogP contribution >= 0.6 is 0 Å². The van der Waals surface area contributed by atoms with Crippen LogP contribution in [0.5, 0.6) is 0 Å². The molecule has 2 atom stereocenters. The zero-order valence-electron chi connectivity index (χ0n) is 7.20. The van der Waals surface area contributed by atoms with Crippen molar-refractivity contribution in [3.63, 3.8) is 0 Å². The lowest BCUT2D eigenvalue weighted by Gasteiger charge is -2.20. The summed E-state index contributed by atoms with van der Waals surface area (Å²) in [6.45, 7) is 3.98. The average Bonchev–Trinajstić information content (AvgIpc) is 2.34. The van der Waals surface area contributed by atoms with Gasteiger partial charge in [0.1, 0.15) is 0 Å². The van der Waals surface area contributed by atoms with Gasteiger partial charge in [0.15, 0.2) is 6.29 Å². The summed E-state index contributed by atoms with van der Waals surface area (Å²) in [5, 5.41) is 17.8. The van der Waals surface area contributed by atoms with Crippen molar-refractivity contribution in [2.24, 2.45) is 11.8 Å². The van der Waals surface area contributed by atoms with E-state index in [9.17, 15) is 0 Å². The van der Waals surface area contributed by atoms with Crippen molar-refractivity contribution >= 4 is 0 Å². The highest BCUT2D eigenvalue weighted by Crippen LogP contribution is 2.24. The molecule has 0 aromatic heterocycles. The quantitative estimate of drug-likeness (QED) is 0.552. The topological polar surface area (TPSA) is 43.7 Å². The molecule has 1 heterocycles. The summed E-state index contributed by atoms with van der Waals surface area (Å²) in [5.41, 5.74) is 0. The highest BCUT2D eigenvalue weighted by atomic mass is 16.5. The molecule has 0 aliphatic carbocycles. The molecular formula is C8H17NO2. The van der Waals surface area contributed by atoms with E-state index < -0.39 is 6.29 Å². The van der Waals surface area contributed by atoms with Gasteiger partial charge in [-0.2, -0.15) is 0 Å². The second-order valence-electron chi connectivity index (χ2n) is 3.58. The minimum Gasteiger partial charge on any atom is -0.368 e. The third kappa shape index (κ3) is 2.15. The zero-order valence-corrected chi connectivity index (χ0v) is 7.20. The Balaban J connectivity index is 2.36. The number of likely N-dealkylation sites (tertiary alicyclic amines) is 1.